The van der Waals surface area contributed by atoms with Crippen LogP contribution in [0.15, 0.2) is 65.3 Å². The van der Waals surface area contributed by atoms with E-state index in [0.29, 0.717) is 52.7 Å². The summed E-state index contributed by atoms with van der Waals surface area (Å²) in [6.07, 6.45) is 1.63. The van der Waals surface area contributed by atoms with Crippen molar-refractivity contribution in [1.82, 2.24) is 0 Å². The molecule has 0 amide bonds. The average Bonchev–Trinajstić information content (AvgIpc) is 2.81. The zero-order valence-corrected chi connectivity index (χ0v) is 19.1. The topological polar surface area (TPSA) is 97.1 Å². The number of esters is 1. The third-order valence-electron chi connectivity index (χ3n) is 5.72. The summed E-state index contributed by atoms with van der Waals surface area (Å²) in [7, 11) is 2.83. The Morgan fingerprint density at radius 2 is 2.00 bits per heavy atom. The molecule has 2 N–H and O–H groups in total. The number of allylic oxidation sites excluding steroid dienone is 2. The van der Waals surface area contributed by atoms with Gasteiger partial charge >= 0.3 is 5.97 Å². The van der Waals surface area contributed by atoms with E-state index in [0.717, 1.165) is 5.56 Å². The highest BCUT2D eigenvalue weighted by molar-refractivity contribution is 6.30. The Kier molecular flexibility index (Phi) is 6.60. The van der Waals surface area contributed by atoms with Crippen molar-refractivity contribution in [1.29, 1.82) is 0 Å². The first-order valence-corrected chi connectivity index (χ1v) is 10.9. The van der Waals surface area contributed by atoms with Crippen LogP contribution in [0, 0.1) is 0 Å². The molecule has 1 aliphatic heterocycles. The van der Waals surface area contributed by atoms with E-state index in [9.17, 15) is 9.59 Å². The molecular formula is C25H24ClNO6. The molecule has 1 heterocycles. The number of ketones is 1. The highest BCUT2D eigenvalue weighted by Crippen LogP contribution is 2.44. The van der Waals surface area contributed by atoms with Gasteiger partial charge in [-0.25, -0.2) is 4.79 Å². The molecule has 0 unspecified atom stereocenters. The van der Waals surface area contributed by atoms with E-state index >= 15 is 0 Å². The zero-order valence-electron chi connectivity index (χ0n) is 18.4. The van der Waals surface area contributed by atoms with Crippen LogP contribution in [0.1, 0.15) is 36.3 Å². The van der Waals surface area contributed by atoms with Crippen LogP contribution in [-0.2, 0) is 25.7 Å². The van der Waals surface area contributed by atoms with Gasteiger partial charge < -0.3 is 24.7 Å². The Morgan fingerprint density at radius 3 is 2.73 bits per heavy atom. The van der Waals surface area contributed by atoms with Gasteiger partial charge in [-0.15, -0.1) is 0 Å². The second-order valence-corrected chi connectivity index (χ2v) is 8.17. The van der Waals surface area contributed by atoms with Gasteiger partial charge in [-0.2, -0.15) is 0 Å². The number of hydrogen-bond acceptors (Lipinski definition) is 7. The number of halogens is 1. The van der Waals surface area contributed by atoms with Crippen LogP contribution >= 0.6 is 11.6 Å². The van der Waals surface area contributed by atoms with Crippen molar-refractivity contribution >= 4 is 23.4 Å². The molecule has 0 fully saturated rings. The molecule has 0 bridgehead atoms. The summed E-state index contributed by atoms with van der Waals surface area (Å²) in [5, 5.41) is 0.564. The lowest BCUT2D eigenvalue weighted by atomic mass is 9.77. The quantitative estimate of drug-likeness (QED) is 0.626. The van der Waals surface area contributed by atoms with Gasteiger partial charge in [0, 0.05) is 29.0 Å². The summed E-state index contributed by atoms with van der Waals surface area (Å²) >= 11 is 6.05. The second-order valence-electron chi connectivity index (χ2n) is 7.74. The molecular weight excluding hydrogens is 446 g/mol. The molecule has 172 valence electrons. The second kappa shape index (κ2) is 9.58. The Balaban J connectivity index is 1.76. The van der Waals surface area contributed by atoms with Crippen LogP contribution in [0.4, 0.5) is 0 Å². The van der Waals surface area contributed by atoms with Gasteiger partial charge in [0.15, 0.2) is 5.78 Å². The molecule has 33 heavy (non-hydrogen) atoms. The van der Waals surface area contributed by atoms with Gasteiger partial charge in [0.1, 0.15) is 29.4 Å². The molecule has 8 heteroatoms. The summed E-state index contributed by atoms with van der Waals surface area (Å²) in [6.45, 7) is 0.188. The predicted octanol–water partition coefficient (Wildman–Crippen LogP) is 4.39. The number of Topliss-reactive ketones (excluding diaryl/α,β-unsaturated/α-hetero) is 1. The molecule has 0 saturated heterocycles. The number of nitrogens with two attached hydrogens (primary N) is 1. The standard InChI is InChI=1S/C25H24ClNO6/c1-30-19-10-9-14(11-15(19)13-32-17-6-3-5-16(26)12-17)21-22-18(28)7-4-8-20(22)33-24(27)23(21)25(29)31-2/h3,5-6,9-12,21H,4,7-8,13,27H2,1-2H3/t21-/m0/s1. The smallest absolute Gasteiger partial charge is 0.340 e. The van der Waals surface area contributed by atoms with E-state index in [1.54, 1.807) is 43.5 Å². The number of hydrogen-bond donors (Lipinski definition) is 1. The maximum Gasteiger partial charge on any atom is 0.340 e. The SMILES string of the molecule is COC(=O)C1=C(N)OC2=C(C(=O)CCC2)[C@@H]1c1ccc(OC)c(COc2cccc(Cl)c2)c1. The minimum Gasteiger partial charge on any atom is -0.496 e. The first-order valence-electron chi connectivity index (χ1n) is 10.5. The summed E-state index contributed by atoms with van der Waals surface area (Å²) in [4.78, 5) is 25.6. The van der Waals surface area contributed by atoms with Crippen LogP contribution in [0.3, 0.4) is 0 Å². The van der Waals surface area contributed by atoms with Crippen molar-refractivity contribution in [3.05, 3.63) is 81.4 Å². The van der Waals surface area contributed by atoms with Gasteiger partial charge in [-0.3, -0.25) is 4.79 Å². The van der Waals surface area contributed by atoms with Gasteiger partial charge in [0.2, 0.25) is 5.88 Å². The maximum atomic E-state index is 12.9. The molecule has 2 aromatic carbocycles. The first-order chi connectivity index (χ1) is 15.9. The normalized spacial score (nSPS) is 17.9. The van der Waals surface area contributed by atoms with E-state index < -0.39 is 11.9 Å². The van der Waals surface area contributed by atoms with E-state index in [1.165, 1.54) is 7.11 Å². The van der Waals surface area contributed by atoms with Crippen LogP contribution in [0.5, 0.6) is 11.5 Å². The lowest BCUT2D eigenvalue weighted by molar-refractivity contribution is -0.136. The molecule has 1 aliphatic carbocycles. The van der Waals surface area contributed by atoms with Crippen LogP contribution < -0.4 is 15.2 Å². The number of rotatable bonds is 6. The number of benzene rings is 2. The van der Waals surface area contributed by atoms with Crippen molar-refractivity contribution < 1.29 is 28.5 Å². The summed E-state index contributed by atoms with van der Waals surface area (Å²) in [5.74, 6) is 0.255. The van der Waals surface area contributed by atoms with Gasteiger partial charge in [0.25, 0.3) is 0 Å². The summed E-state index contributed by atoms with van der Waals surface area (Å²) < 4.78 is 22.1. The Labute approximate surface area is 196 Å². The molecule has 2 aliphatic rings. The summed E-state index contributed by atoms with van der Waals surface area (Å²) in [6, 6.07) is 12.5. The molecule has 0 saturated carbocycles. The molecule has 0 aromatic heterocycles. The summed E-state index contributed by atoms with van der Waals surface area (Å²) in [5.41, 5.74) is 8.11. The van der Waals surface area contributed by atoms with Crippen LogP contribution in [0.25, 0.3) is 0 Å². The monoisotopic (exact) mass is 469 g/mol. The van der Waals surface area contributed by atoms with Crippen molar-refractivity contribution in [3.8, 4) is 11.5 Å². The number of ether oxygens (including phenoxy) is 4. The zero-order chi connectivity index (χ0) is 23.5. The van der Waals surface area contributed by atoms with Crippen molar-refractivity contribution in [2.24, 2.45) is 5.73 Å². The van der Waals surface area contributed by atoms with Gasteiger partial charge in [-0.05, 0) is 42.3 Å². The highest BCUT2D eigenvalue weighted by atomic mass is 35.5. The van der Waals surface area contributed by atoms with Crippen molar-refractivity contribution in [2.75, 3.05) is 14.2 Å². The number of carbonyl (C=O) groups is 2. The fraction of sp³-hybridized carbons (Fsp3) is 0.280. The first kappa shape index (κ1) is 22.7. The molecule has 1 atom stereocenters. The minimum absolute atomic E-state index is 0.0483. The van der Waals surface area contributed by atoms with Crippen molar-refractivity contribution in [2.45, 2.75) is 31.8 Å². The van der Waals surface area contributed by atoms with Crippen LogP contribution in [-0.4, -0.2) is 26.0 Å². The lowest BCUT2D eigenvalue weighted by Gasteiger charge is -2.32. The third-order valence-corrected chi connectivity index (χ3v) is 5.95. The highest BCUT2D eigenvalue weighted by Gasteiger charge is 2.41. The minimum atomic E-state index is -0.704. The maximum absolute atomic E-state index is 12.9. The Hall–Kier alpha value is -3.45. The Bertz CT molecular complexity index is 1170. The molecule has 4 rings (SSSR count). The van der Waals surface area contributed by atoms with E-state index in [1.807, 2.05) is 6.07 Å². The molecule has 7 nitrogen and oxygen atoms in total. The van der Waals surface area contributed by atoms with Gasteiger partial charge in [0.05, 0.1) is 20.1 Å². The fourth-order valence-electron chi connectivity index (χ4n) is 4.21. The molecule has 2 aromatic rings. The molecule has 0 spiro atoms. The van der Waals surface area contributed by atoms with E-state index in [4.69, 9.17) is 36.3 Å². The van der Waals surface area contributed by atoms with Crippen molar-refractivity contribution in [3.63, 3.8) is 0 Å². The fourth-order valence-corrected chi connectivity index (χ4v) is 4.39. The lowest BCUT2D eigenvalue weighted by Crippen LogP contribution is -2.31. The van der Waals surface area contributed by atoms with Crippen LogP contribution in [0.2, 0.25) is 5.02 Å². The average molecular weight is 470 g/mol. The third kappa shape index (κ3) is 4.54. The number of carbonyl (C=O) groups excluding carboxylic acids is 2. The Morgan fingerprint density at radius 1 is 1.18 bits per heavy atom. The number of methoxy groups -OCH3 is 2. The largest absolute Gasteiger partial charge is 0.496 e. The molecule has 0 radical (unpaired) electrons. The predicted molar refractivity (Wildman–Crippen MR) is 122 cm³/mol. The van der Waals surface area contributed by atoms with E-state index in [2.05, 4.69) is 0 Å². The van der Waals surface area contributed by atoms with E-state index in [-0.39, 0.29) is 23.8 Å². The van der Waals surface area contributed by atoms with Gasteiger partial charge in [-0.1, -0.05) is 23.7 Å².